The molecular formula is C14H24N4O2. The Labute approximate surface area is 120 Å². The lowest BCUT2D eigenvalue weighted by atomic mass is 10.1. The number of nitrogen functional groups attached to an aromatic ring is 1. The molecule has 20 heavy (non-hydrogen) atoms. The Bertz CT molecular complexity index is 449. The molecule has 0 saturated carbocycles. The van der Waals surface area contributed by atoms with Gasteiger partial charge in [-0.25, -0.2) is 0 Å². The van der Waals surface area contributed by atoms with Crippen molar-refractivity contribution in [2.45, 2.75) is 19.9 Å². The molecule has 0 amide bonds. The fourth-order valence-corrected chi connectivity index (χ4v) is 2.03. The fraction of sp³-hybridized carbons (Fsp3) is 0.571. The summed E-state index contributed by atoms with van der Waals surface area (Å²) in [5, 5.41) is 10.9. The van der Waals surface area contributed by atoms with E-state index < -0.39 is 4.92 Å². The molecule has 0 aliphatic heterocycles. The van der Waals surface area contributed by atoms with Crippen LogP contribution in [0.5, 0.6) is 0 Å². The van der Waals surface area contributed by atoms with Crippen molar-refractivity contribution < 1.29 is 4.92 Å². The average Bonchev–Trinajstić information content (AvgIpc) is 2.38. The van der Waals surface area contributed by atoms with E-state index in [0.717, 1.165) is 31.6 Å². The van der Waals surface area contributed by atoms with Gasteiger partial charge >= 0.3 is 0 Å². The number of hydrogen-bond acceptors (Lipinski definition) is 5. The minimum absolute atomic E-state index is 0.00782. The fourth-order valence-electron chi connectivity index (χ4n) is 2.03. The molecule has 0 spiro atoms. The first-order chi connectivity index (χ1) is 9.43. The van der Waals surface area contributed by atoms with Crippen molar-refractivity contribution in [3.8, 4) is 0 Å². The van der Waals surface area contributed by atoms with E-state index in [1.807, 2.05) is 20.2 Å². The number of anilines is 1. The van der Waals surface area contributed by atoms with Gasteiger partial charge in [-0.3, -0.25) is 15.0 Å². The van der Waals surface area contributed by atoms with Gasteiger partial charge in [0.05, 0.1) is 4.92 Å². The number of hydrogen-bond donors (Lipinski definition) is 1. The second kappa shape index (κ2) is 7.81. The number of nitro groups is 1. The molecule has 0 aromatic heterocycles. The lowest BCUT2D eigenvalue weighted by Gasteiger charge is -2.23. The van der Waals surface area contributed by atoms with Crippen LogP contribution in [0.1, 0.15) is 18.9 Å². The molecule has 0 aliphatic carbocycles. The molecule has 6 heteroatoms. The standard InChI is InChI=1S/C14H24N4O2/c1-4-7-17(9-8-16(2)3)11-12-5-6-13(15)14(10-12)18(19)20/h5-6,10H,4,7-9,11,15H2,1-3H3. The Hall–Kier alpha value is -1.66. The van der Waals surface area contributed by atoms with Gasteiger partial charge in [0.25, 0.3) is 5.69 Å². The van der Waals surface area contributed by atoms with Gasteiger partial charge < -0.3 is 10.6 Å². The zero-order chi connectivity index (χ0) is 15.1. The molecule has 1 aromatic rings. The third-order valence-corrected chi connectivity index (χ3v) is 3.10. The molecule has 0 saturated heterocycles. The summed E-state index contributed by atoms with van der Waals surface area (Å²) in [5.74, 6) is 0. The molecule has 0 atom stereocenters. The first kappa shape index (κ1) is 16.4. The molecule has 0 radical (unpaired) electrons. The summed E-state index contributed by atoms with van der Waals surface area (Å²) in [6.07, 6.45) is 1.06. The van der Waals surface area contributed by atoms with Crippen molar-refractivity contribution in [3.63, 3.8) is 0 Å². The van der Waals surface area contributed by atoms with Crippen molar-refractivity contribution in [2.75, 3.05) is 39.5 Å². The minimum Gasteiger partial charge on any atom is -0.393 e. The predicted molar refractivity (Wildman–Crippen MR) is 81.6 cm³/mol. The van der Waals surface area contributed by atoms with Crippen molar-refractivity contribution >= 4 is 11.4 Å². The molecule has 1 aromatic carbocycles. The van der Waals surface area contributed by atoms with Crippen LogP contribution in [0.15, 0.2) is 18.2 Å². The number of nitrogens with zero attached hydrogens (tertiary/aromatic N) is 3. The minimum atomic E-state index is -0.428. The van der Waals surface area contributed by atoms with E-state index in [4.69, 9.17) is 5.73 Å². The van der Waals surface area contributed by atoms with Crippen molar-refractivity contribution in [1.29, 1.82) is 0 Å². The first-order valence-corrected chi connectivity index (χ1v) is 6.84. The quantitative estimate of drug-likeness (QED) is 0.447. The van der Waals surface area contributed by atoms with E-state index in [0.29, 0.717) is 6.54 Å². The Morgan fingerprint density at radius 2 is 1.95 bits per heavy atom. The van der Waals surface area contributed by atoms with Crippen LogP contribution in [0.3, 0.4) is 0 Å². The van der Waals surface area contributed by atoms with Crippen LogP contribution in [-0.4, -0.2) is 48.5 Å². The van der Waals surface area contributed by atoms with Gasteiger partial charge in [0, 0.05) is 25.7 Å². The largest absolute Gasteiger partial charge is 0.393 e. The Morgan fingerprint density at radius 3 is 2.50 bits per heavy atom. The smallest absolute Gasteiger partial charge is 0.292 e. The van der Waals surface area contributed by atoms with Gasteiger partial charge in [-0.2, -0.15) is 0 Å². The molecule has 1 rings (SSSR count). The second-order valence-corrected chi connectivity index (χ2v) is 5.23. The lowest BCUT2D eigenvalue weighted by molar-refractivity contribution is -0.384. The van der Waals surface area contributed by atoms with Crippen LogP contribution >= 0.6 is 0 Å². The maximum absolute atomic E-state index is 10.9. The highest BCUT2D eigenvalue weighted by molar-refractivity contribution is 5.59. The van der Waals surface area contributed by atoms with Crippen LogP contribution in [0.2, 0.25) is 0 Å². The number of nitrogens with two attached hydrogens (primary N) is 1. The highest BCUT2D eigenvalue weighted by atomic mass is 16.6. The van der Waals surface area contributed by atoms with Crippen molar-refractivity contribution in [1.82, 2.24) is 9.80 Å². The van der Waals surface area contributed by atoms with E-state index in [2.05, 4.69) is 16.7 Å². The van der Waals surface area contributed by atoms with Gasteiger partial charge in [-0.15, -0.1) is 0 Å². The summed E-state index contributed by atoms with van der Waals surface area (Å²) in [4.78, 5) is 14.9. The highest BCUT2D eigenvalue weighted by Gasteiger charge is 2.13. The molecule has 0 aliphatic rings. The van der Waals surface area contributed by atoms with Gasteiger partial charge in [-0.05, 0) is 38.7 Å². The summed E-state index contributed by atoms with van der Waals surface area (Å²) >= 11 is 0. The molecule has 0 unspecified atom stereocenters. The molecule has 0 heterocycles. The highest BCUT2D eigenvalue weighted by Crippen LogP contribution is 2.23. The normalized spacial score (nSPS) is 11.2. The van der Waals surface area contributed by atoms with Crippen LogP contribution in [0.25, 0.3) is 0 Å². The van der Waals surface area contributed by atoms with E-state index in [1.54, 1.807) is 12.1 Å². The molecular weight excluding hydrogens is 256 g/mol. The molecule has 0 bridgehead atoms. The average molecular weight is 280 g/mol. The number of nitro benzene ring substituents is 1. The monoisotopic (exact) mass is 280 g/mol. The Kier molecular flexibility index (Phi) is 6.41. The van der Waals surface area contributed by atoms with E-state index in [-0.39, 0.29) is 11.4 Å². The summed E-state index contributed by atoms with van der Waals surface area (Å²) in [5.41, 5.74) is 6.75. The zero-order valence-electron chi connectivity index (χ0n) is 12.5. The maximum Gasteiger partial charge on any atom is 0.292 e. The van der Waals surface area contributed by atoms with Crippen LogP contribution in [0.4, 0.5) is 11.4 Å². The van der Waals surface area contributed by atoms with Crippen molar-refractivity contribution in [3.05, 3.63) is 33.9 Å². The van der Waals surface area contributed by atoms with Gasteiger partial charge in [0.2, 0.25) is 0 Å². The van der Waals surface area contributed by atoms with E-state index >= 15 is 0 Å². The van der Waals surface area contributed by atoms with E-state index in [9.17, 15) is 10.1 Å². The van der Waals surface area contributed by atoms with Crippen LogP contribution in [0, 0.1) is 10.1 Å². The van der Waals surface area contributed by atoms with Gasteiger partial charge in [0.1, 0.15) is 5.69 Å². The first-order valence-electron chi connectivity index (χ1n) is 6.84. The van der Waals surface area contributed by atoms with Gasteiger partial charge in [0.15, 0.2) is 0 Å². The maximum atomic E-state index is 10.9. The van der Waals surface area contributed by atoms with Gasteiger partial charge in [-0.1, -0.05) is 13.0 Å². The molecule has 6 nitrogen and oxygen atoms in total. The molecule has 112 valence electrons. The zero-order valence-corrected chi connectivity index (χ0v) is 12.5. The van der Waals surface area contributed by atoms with Crippen LogP contribution < -0.4 is 5.73 Å². The number of likely N-dealkylation sites (N-methyl/N-ethyl adjacent to an activating group) is 1. The van der Waals surface area contributed by atoms with Crippen molar-refractivity contribution in [2.24, 2.45) is 0 Å². The summed E-state index contributed by atoms with van der Waals surface area (Å²) in [7, 11) is 4.08. The molecule has 0 fully saturated rings. The predicted octanol–water partition coefficient (Wildman–Crippen LogP) is 1.95. The summed E-state index contributed by atoms with van der Waals surface area (Å²) < 4.78 is 0. The molecule has 2 N–H and O–H groups in total. The Balaban J connectivity index is 2.77. The summed E-state index contributed by atoms with van der Waals surface area (Å²) in [6.45, 7) is 5.74. The number of benzene rings is 1. The topological polar surface area (TPSA) is 75.6 Å². The lowest BCUT2D eigenvalue weighted by Crippen LogP contribution is -2.32. The SMILES string of the molecule is CCCN(CCN(C)C)Cc1ccc(N)c([N+](=O)[O-])c1. The van der Waals surface area contributed by atoms with Crippen LogP contribution in [-0.2, 0) is 6.54 Å². The third kappa shape index (κ3) is 5.14. The third-order valence-electron chi connectivity index (χ3n) is 3.10. The number of rotatable bonds is 8. The van der Waals surface area contributed by atoms with E-state index in [1.165, 1.54) is 0 Å². The second-order valence-electron chi connectivity index (χ2n) is 5.23. The summed E-state index contributed by atoms with van der Waals surface area (Å²) in [6, 6.07) is 5.05. The Morgan fingerprint density at radius 1 is 1.25 bits per heavy atom.